The summed E-state index contributed by atoms with van der Waals surface area (Å²) in [5, 5.41) is 8.93. The van der Waals surface area contributed by atoms with Crippen molar-refractivity contribution in [3.63, 3.8) is 0 Å². The Bertz CT molecular complexity index is 583. The number of imide groups is 1. The SMILES string of the molecule is CCN(C)CCN1C(=O)c2ccc(C(=O)O)cc2C1=O. The Kier molecular flexibility index (Phi) is 3.85. The lowest BCUT2D eigenvalue weighted by molar-refractivity contribution is 0.0640. The number of carbonyl (C=O) groups is 3. The van der Waals surface area contributed by atoms with Crippen molar-refractivity contribution >= 4 is 17.8 Å². The van der Waals surface area contributed by atoms with Gasteiger partial charge in [0.25, 0.3) is 11.8 Å². The third-order valence-electron chi connectivity index (χ3n) is 3.46. The molecule has 106 valence electrons. The van der Waals surface area contributed by atoms with Gasteiger partial charge in [-0.15, -0.1) is 0 Å². The first kappa shape index (κ1) is 14.2. The Morgan fingerprint density at radius 1 is 1.25 bits per heavy atom. The molecule has 1 aromatic rings. The van der Waals surface area contributed by atoms with Gasteiger partial charge in [0, 0.05) is 13.1 Å². The summed E-state index contributed by atoms with van der Waals surface area (Å²) in [6.45, 7) is 3.71. The van der Waals surface area contributed by atoms with E-state index in [9.17, 15) is 14.4 Å². The molecule has 0 atom stereocenters. The molecule has 0 aliphatic carbocycles. The van der Waals surface area contributed by atoms with E-state index in [1.807, 2.05) is 18.9 Å². The van der Waals surface area contributed by atoms with Gasteiger partial charge < -0.3 is 10.0 Å². The van der Waals surface area contributed by atoms with E-state index in [1.165, 1.54) is 23.1 Å². The molecule has 1 heterocycles. The van der Waals surface area contributed by atoms with Crippen LogP contribution in [0.2, 0.25) is 0 Å². The zero-order valence-electron chi connectivity index (χ0n) is 11.4. The molecule has 2 rings (SSSR count). The van der Waals surface area contributed by atoms with Crippen LogP contribution < -0.4 is 0 Å². The summed E-state index contributed by atoms with van der Waals surface area (Å²) in [7, 11) is 1.90. The van der Waals surface area contributed by atoms with Crippen LogP contribution in [0, 0.1) is 0 Å². The molecule has 20 heavy (non-hydrogen) atoms. The molecule has 0 fully saturated rings. The lowest BCUT2D eigenvalue weighted by atomic mass is 10.1. The number of hydrogen-bond donors (Lipinski definition) is 1. The largest absolute Gasteiger partial charge is 0.478 e. The summed E-state index contributed by atoms with van der Waals surface area (Å²) in [5.41, 5.74) is 0.464. The fourth-order valence-electron chi connectivity index (χ4n) is 2.06. The Morgan fingerprint density at radius 3 is 2.50 bits per heavy atom. The minimum absolute atomic E-state index is 0.0115. The maximum Gasteiger partial charge on any atom is 0.335 e. The van der Waals surface area contributed by atoms with Gasteiger partial charge in [0.05, 0.1) is 16.7 Å². The number of benzene rings is 1. The molecule has 0 saturated heterocycles. The van der Waals surface area contributed by atoms with Gasteiger partial charge in [-0.2, -0.15) is 0 Å². The summed E-state index contributed by atoms with van der Waals surface area (Å²) in [5.74, 6) is -1.89. The van der Waals surface area contributed by atoms with Gasteiger partial charge in [0.15, 0.2) is 0 Å². The number of carboxylic acids is 1. The molecular formula is C14H16N2O4. The van der Waals surface area contributed by atoms with Gasteiger partial charge >= 0.3 is 5.97 Å². The van der Waals surface area contributed by atoms with E-state index in [-0.39, 0.29) is 22.6 Å². The molecule has 1 N–H and O–H groups in total. The number of carbonyl (C=O) groups excluding carboxylic acids is 2. The number of rotatable bonds is 5. The van der Waals surface area contributed by atoms with Gasteiger partial charge in [-0.25, -0.2) is 4.79 Å². The molecule has 0 unspecified atom stereocenters. The van der Waals surface area contributed by atoms with E-state index in [4.69, 9.17) is 5.11 Å². The number of hydrogen-bond acceptors (Lipinski definition) is 4. The number of aromatic carboxylic acids is 1. The Balaban J connectivity index is 2.24. The van der Waals surface area contributed by atoms with Gasteiger partial charge in [0.1, 0.15) is 0 Å². The van der Waals surface area contributed by atoms with Gasteiger partial charge in [0.2, 0.25) is 0 Å². The molecule has 0 radical (unpaired) electrons. The van der Waals surface area contributed by atoms with Crippen molar-refractivity contribution in [1.29, 1.82) is 0 Å². The summed E-state index contributed by atoms with van der Waals surface area (Å²) in [4.78, 5) is 38.4. The predicted octanol–water partition coefficient (Wildman–Crippen LogP) is 0.932. The molecule has 0 bridgehead atoms. The van der Waals surface area contributed by atoms with Crippen LogP contribution in [0.3, 0.4) is 0 Å². The second-order valence-corrected chi connectivity index (χ2v) is 4.72. The fourth-order valence-corrected chi connectivity index (χ4v) is 2.06. The first-order chi connectivity index (χ1) is 9.45. The molecule has 6 heteroatoms. The second kappa shape index (κ2) is 5.42. The quantitative estimate of drug-likeness (QED) is 0.810. The number of carboxylic acid groups (broad SMARTS) is 1. The topological polar surface area (TPSA) is 77.9 Å². The van der Waals surface area contributed by atoms with E-state index >= 15 is 0 Å². The summed E-state index contributed by atoms with van der Waals surface area (Å²) in [6.07, 6.45) is 0. The molecule has 2 amide bonds. The van der Waals surface area contributed by atoms with Crippen LogP contribution >= 0.6 is 0 Å². The monoisotopic (exact) mass is 276 g/mol. The first-order valence-electron chi connectivity index (χ1n) is 6.37. The van der Waals surface area contributed by atoms with E-state index in [1.54, 1.807) is 0 Å². The zero-order valence-corrected chi connectivity index (χ0v) is 11.4. The number of likely N-dealkylation sites (N-methyl/N-ethyl adjacent to an activating group) is 1. The predicted molar refractivity (Wildman–Crippen MR) is 71.9 cm³/mol. The van der Waals surface area contributed by atoms with Gasteiger partial charge in [-0.3, -0.25) is 14.5 Å². The summed E-state index contributed by atoms with van der Waals surface area (Å²) in [6, 6.07) is 4.01. The van der Waals surface area contributed by atoms with Gasteiger partial charge in [-0.05, 0) is 31.8 Å². The van der Waals surface area contributed by atoms with Crippen LogP contribution in [0.5, 0.6) is 0 Å². The van der Waals surface area contributed by atoms with Crippen molar-refractivity contribution in [2.75, 3.05) is 26.7 Å². The lowest BCUT2D eigenvalue weighted by Crippen LogP contribution is -2.36. The molecule has 6 nitrogen and oxygen atoms in total. The number of amides is 2. The highest BCUT2D eigenvalue weighted by Gasteiger charge is 2.35. The van der Waals surface area contributed by atoms with E-state index in [0.29, 0.717) is 13.1 Å². The minimum Gasteiger partial charge on any atom is -0.478 e. The van der Waals surface area contributed by atoms with Crippen molar-refractivity contribution in [3.8, 4) is 0 Å². The van der Waals surface area contributed by atoms with Crippen LogP contribution in [-0.2, 0) is 0 Å². The van der Waals surface area contributed by atoms with Crippen molar-refractivity contribution < 1.29 is 19.5 Å². The highest BCUT2D eigenvalue weighted by molar-refractivity contribution is 6.21. The Morgan fingerprint density at radius 2 is 1.90 bits per heavy atom. The maximum absolute atomic E-state index is 12.2. The van der Waals surface area contributed by atoms with Crippen LogP contribution in [0.4, 0.5) is 0 Å². The molecule has 0 spiro atoms. The highest BCUT2D eigenvalue weighted by Crippen LogP contribution is 2.23. The maximum atomic E-state index is 12.2. The molecular weight excluding hydrogens is 260 g/mol. The van der Waals surface area contributed by atoms with Crippen molar-refractivity contribution in [2.45, 2.75) is 6.92 Å². The van der Waals surface area contributed by atoms with Crippen LogP contribution in [0.25, 0.3) is 0 Å². The van der Waals surface area contributed by atoms with Crippen molar-refractivity contribution in [1.82, 2.24) is 9.80 Å². The Labute approximate surface area is 116 Å². The molecule has 0 saturated carbocycles. The molecule has 1 aliphatic heterocycles. The van der Waals surface area contributed by atoms with Crippen LogP contribution in [0.1, 0.15) is 38.0 Å². The number of nitrogens with zero attached hydrogens (tertiary/aromatic N) is 2. The molecule has 1 aliphatic rings. The summed E-state index contributed by atoms with van der Waals surface area (Å²) >= 11 is 0. The van der Waals surface area contributed by atoms with Crippen LogP contribution in [0.15, 0.2) is 18.2 Å². The van der Waals surface area contributed by atoms with E-state index in [2.05, 4.69) is 0 Å². The zero-order chi connectivity index (χ0) is 14.9. The van der Waals surface area contributed by atoms with Crippen molar-refractivity contribution in [2.24, 2.45) is 0 Å². The summed E-state index contributed by atoms with van der Waals surface area (Å²) < 4.78 is 0. The average Bonchev–Trinajstić information content (AvgIpc) is 2.68. The highest BCUT2D eigenvalue weighted by atomic mass is 16.4. The minimum atomic E-state index is -1.11. The van der Waals surface area contributed by atoms with Crippen LogP contribution in [-0.4, -0.2) is 59.4 Å². The van der Waals surface area contributed by atoms with Crippen molar-refractivity contribution in [3.05, 3.63) is 34.9 Å². The number of fused-ring (bicyclic) bond motifs is 1. The third-order valence-corrected chi connectivity index (χ3v) is 3.46. The fraction of sp³-hybridized carbons (Fsp3) is 0.357. The molecule has 0 aromatic heterocycles. The van der Waals surface area contributed by atoms with E-state index in [0.717, 1.165) is 6.54 Å². The standard InChI is InChI=1S/C14H16N2O4/c1-3-15(2)6-7-16-12(17)10-5-4-9(14(19)20)8-11(10)13(16)18/h4-5,8H,3,6-7H2,1-2H3,(H,19,20). The normalized spacial score (nSPS) is 14.1. The van der Waals surface area contributed by atoms with E-state index < -0.39 is 11.9 Å². The smallest absolute Gasteiger partial charge is 0.335 e. The molecule has 1 aromatic carbocycles. The Hall–Kier alpha value is -2.21. The lowest BCUT2D eigenvalue weighted by Gasteiger charge is -2.18. The third kappa shape index (κ3) is 2.42. The average molecular weight is 276 g/mol. The van der Waals surface area contributed by atoms with Gasteiger partial charge in [-0.1, -0.05) is 6.92 Å². The first-order valence-corrected chi connectivity index (χ1v) is 6.37. The second-order valence-electron chi connectivity index (χ2n) is 4.72.